The van der Waals surface area contributed by atoms with Crippen molar-refractivity contribution in [1.29, 1.82) is 0 Å². The van der Waals surface area contributed by atoms with Gasteiger partial charge in [-0.05, 0) is 32.9 Å². The maximum absolute atomic E-state index is 11.1. The molecule has 0 saturated carbocycles. The Hall–Kier alpha value is -3.59. The monoisotopic (exact) mass is 462 g/mol. The number of hydrogen-bond donors (Lipinski definition) is 2. The van der Waals surface area contributed by atoms with E-state index in [1.54, 1.807) is 12.4 Å². The molecule has 1 aliphatic heterocycles. The Morgan fingerprint density at radius 2 is 1.82 bits per heavy atom. The van der Waals surface area contributed by atoms with Crippen LogP contribution in [-0.2, 0) is 0 Å². The Morgan fingerprint density at radius 1 is 1.09 bits per heavy atom. The van der Waals surface area contributed by atoms with Gasteiger partial charge in [0.2, 0.25) is 0 Å². The van der Waals surface area contributed by atoms with Gasteiger partial charge in [0.05, 0.1) is 23.3 Å². The van der Waals surface area contributed by atoms with Crippen LogP contribution in [0.3, 0.4) is 0 Å². The van der Waals surface area contributed by atoms with E-state index in [9.17, 15) is 4.79 Å². The maximum atomic E-state index is 11.1. The number of hydrogen-bond acceptors (Lipinski definition) is 8. The first-order valence-corrected chi connectivity index (χ1v) is 11.7. The summed E-state index contributed by atoms with van der Waals surface area (Å²) in [4.78, 5) is 30.8. The van der Waals surface area contributed by atoms with Crippen molar-refractivity contribution in [3.63, 3.8) is 0 Å². The Labute approximate surface area is 200 Å². The number of piperazine rings is 1. The molecule has 1 aromatic carbocycles. The number of aryl methyl sites for hydroxylation is 2. The van der Waals surface area contributed by atoms with Crippen LogP contribution in [0.1, 0.15) is 42.5 Å². The van der Waals surface area contributed by atoms with Crippen LogP contribution >= 0.6 is 0 Å². The van der Waals surface area contributed by atoms with E-state index in [4.69, 9.17) is 0 Å². The number of nitrogens with one attached hydrogen (secondary N) is 2. The fourth-order valence-electron chi connectivity index (χ4n) is 3.96. The van der Waals surface area contributed by atoms with Crippen molar-refractivity contribution in [2.45, 2.75) is 40.7 Å². The zero-order valence-electron chi connectivity index (χ0n) is 20.8. The largest absolute Gasteiger partial charge is 0.372 e. The van der Waals surface area contributed by atoms with Gasteiger partial charge in [-0.2, -0.15) is 0 Å². The Morgan fingerprint density at radius 3 is 2.50 bits per heavy atom. The third kappa shape index (κ3) is 5.48. The van der Waals surface area contributed by atoms with E-state index in [1.165, 1.54) is 0 Å². The molecule has 5 rings (SSSR count). The summed E-state index contributed by atoms with van der Waals surface area (Å²) in [6.45, 7) is 12.9. The Kier molecular flexibility index (Phi) is 8.48. The highest BCUT2D eigenvalue weighted by atomic mass is 16.1. The highest BCUT2D eigenvalue weighted by Gasteiger charge is 2.19. The van der Waals surface area contributed by atoms with Gasteiger partial charge in [-0.3, -0.25) is 14.8 Å². The molecule has 0 amide bonds. The number of rotatable bonds is 3. The van der Waals surface area contributed by atoms with Crippen molar-refractivity contribution in [2.24, 2.45) is 0 Å². The van der Waals surface area contributed by atoms with Gasteiger partial charge in [0.25, 0.3) is 0 Å². The molecule has 9 nitrogen and oxygen atoms in total. The fraction of sp³-hybridized carbons (Fsp3) is 0.400. The number of nitrogens with zero attached hydrogens (tertiary/aromatic N) is 6. The van der Waals surface area contributed by atoms with Gasteiger partial charge in [0.1, 0.15) is 16.9 Å². The number of aldehydes is 1. The lowest BCUT2D eigenvalue weighted by molar-refractivity contribution is 0.112. The molecule has 1 unspecified atom stereocenters. The van der Waals surface area contributed by atoms with Crippen molar-refractivity contribution >= 4 is 34.5 Å². The second-order valence-corrected chi connectivity index (χ2v) is 7.92. The van der Waals surface area contributed by atoms with Crippen LogP contribution in [0, 0.1) is 13.8 Å². The van der Waals surface area contributed by atoms with Crippen molar-refractivity contribution in [3.8, 4) is 0 Å². The number of benzene rings is 1. The summed E-state index contributed by atoms with van der Waals surface area (Å²) in [5.41, 5.74) is 6.02. The van der Waals surface area contributed by atoms with Crippen molar-refractivity contribution in [3.05, 3.63) is 53.9 Å². The van der Waals surface area contributed by atoms with E-state index in [1.807, 2.05) is 63.7 Å². The molecule has 3 aromatic heterocycles. The van der Waals surface area contributed by atoms with Gasteiger partial charge in [0, 0.05) is 56.9 Å². The van der Waals surface area contributed by atoms with Crippen molar-refractivity contribution < 1.29 is 4.79 Å². The molecule has 4 heterocycles. The Bertz CT molecular complexity index is 1250. The summed E-state index contributed by atoms with van der Waals surface area (Å²) in [7, 11) is 1.86. The van der Waals surface area contributed by atoms with Crippen molar-refractivity contribution in [2.75, 3.05) is 36.9 Å². The number of imidazole rings is 1. The number of carbonyl (C=O) groups is 1. The maximum Gasteiger partial charge on any atom is 0.158 e. The van der Waals surface area contributed by atoms with Gasteiger partial charge >= 0.3 is 0 Å². The second kappa shape index (κ2) is 11.5. The topological polar surface area (TPSA) is 100 Å². The van der Waals surface area contributed by atoms with Crippen LogP contribution in [0.25, 0.3) is 16.7 Å². The predicted molar refractivity (Wildman–Crippen MR) is 138 cm³/mol. The summed E-state index contributed by atoms with van der Waals surface area (Å²) in [5.74, 6) is 0.863. The first-order valence-electron chi connectivity index (χ1n) is 11.7. The summed E-state index contributed by atoms with van der Waals surface area (Å²) >= 11 is 0. The number of anilines is 2. The lowest BCUT2D eigenvalue weighted by Gasteiger charge is -2.34. The first-order chi connectivity index (χ1) is 16.5. The lowest BCUT2D eigenvalue weighted by atomic mass is 10.1. The van der Waals surface area contributed by atoms with E-state index in [2.05, 4.69) is 42.4 Å². The van der Waals surface area contributed by atoms with Gasteiger partial charge < -0.3 is 19.9 Å². The average molecular weight is 463 g/mol. The molecule has 2 N–H and O–H groups in total. The molecular formula is C25H34N8O. The first kappa shape index (κ1) is 25.0. The third-order valence-corrected chi connectivity index (χ3v) is 5.45. The molecule has 0 bridgehead atoms. The van der Waals surface area contributed by atoms with Gasteiger partial charge in [-0.15, -0.1) is 0 Å². The van der Waals surface area contributed by atoms with Crippen molar-refractivity contribution in [1.82, 2.24) is 29.7 Å². The summed E-state index contributed by atoms with van der Waals surface area (Å²) < 4.78 is 1.99. The minimum absolute atomic E-state index is 0.450. The average Bonchev–Trinajstić information content (AvgIpc) is 3.25. The molecule has 0 radical (unpaired) electrons. The van der Waals surface area contributed by atoms with Crippen LogP contribution in [-0.4, -0.2) is 63.3 Å². The predicted octanol–water partition coefficient (Wildman–Crippen LogP) is 3.65. The molecule has 0 spiro atoms. The zero-order valence-corrected chi connectivity index (χ0v) is 20.8. The molecule has 1 atom stereocenters. The number of carbonyl (C=O) groups excluding carboxylic acids is 1. The molecule has 0 aliphatic carbocycles. The van der Waals surface area contributed by atoms with E-state index >= 15 is 0 Å². The summed E-state index contributed by atoms with van der Waals surface area (Å²) in [5, 5.41) is 6.43. The molecule has 4 aromatic rings. The molecule has 1 saturated heterocycles. The lowest BCUT2D eigenvalue weighted by Crippen LogP contribution is -2.49. The van der Waals surface area contributed by atoms with Crippen LogP contribution in [0.4, 0.5) is 11.5 Å². The zero-order chi connectivity index (χ0) is 24.7. The molecule has 34 heavy (non-hydrogen) atoms. The molecule has 1 fully saturated rings. The van der Waals surface area contributed by atoms with Gasteiger partial charge in [-0.25, -0.2) is 9.97 Å². The third-order valence-electron chi connectivity index (χ3n) is 5.45. The molecule has 180 valence electrons. The van der Waals surface area contributed by atoms with E-state index < -0.39 is 0 Å². The van der Waals surface area contributed by atoms with E-state index in [-0.39, 0.29) is 0 Å². The van der Waals surface area contributed by atoms with E-state index in [0.717, 1.165) is 60.0 Å². The highest BCUT2D eigenvalue weighted by Crippen LogP contribution is 2.26. The molecule has 9 heteroatoms. The summed E-state index contributed by atoms with van der Waals surface area (Å²) in [6.07, 6.45) is 8.06. The summed E-state index contributed by atoms with van der Waals surface area (Å²) in [6, 6.07) is 4.25. The van der Waals surface area contributed by atoms with Crippen LogP contribution in [0.2, 0.25) is 0 Å². The molecule has 1 aliphatic rings. The highest BCUT2D eigenvalue weighted by molar-refractivity contribution is 5.99. The standard InChI is InChI=1S/C14H16N4O.C9H12N4.C2H6/c1-10-8-18(7-6-15-10)12-3-2-11(9-19)13-14(12)17-5-4-16-13;1-6-4-13-5-8(10-3)12-7(2)9(13)11-6;1-2/h2-5,9-10,15H,6-8H2,1H3;4-5,10H,1-3H3;1-2H3. The molecular weight excluding hydrogens is 428 g/mol. The minimum Gasteiger partial charge on any atom is -0.372 e. The normalized spacial score (nSPS) is 15.2. The van der Waals surface area contributed by atoms with Crippen LogP contribution < -0.4 is 15.5 Å². The van der Waals surface area contributed by atoms with E-state index in [0.29, 0.717) is 17.1 Å². The SMILES string of the molecule is CC.CC1CN(c2ccc(C=O)c3nccnc23)CCN1.CNc1cn2cc(C)nc2c(C)n1. The quantitative estimate of drug-likeness (QED) is 0.445. The van der Waals surface area contributed by atoms with Crippen LogP contribution in [0.15, 0.2) is 36.9 Å². The Balaban J connectivity index is 0.000000189. The number of aromatic nitrogens is 5. The van der Waals surface area contributed by atoms with Gasteiger partial charge in [0.15, 0.2) is 11.9 Å². The van der Waals surface area contributed by atoms with Crippen LogP contribution in [0.5, 0.6) is 0 Å². The van der Waals surface area contributed by atoms with Gasteiger partial charge in [-0.1, -0.05) is 13.8 Å². The smallest absolute Gasteiger partial charge is 0.158 e. The minimum atomic E-state index is 0.450. The fourth-order valence-corrected chi connectivity index (χ4v) is 3.96. The second-order valence-electron chi connectivity index (χ2n) is 7.92. The number of fused-ring (bicyclic) bond motifs is 2.